The van der Waals surface area contributed by atoms with Crippen molar-refractivity contribution in [3.8, 4) is 5.75 Å². The molecule has 1 aromatic carbocycles. The number of benzene rings is 1. The summed E-state index contributed by atoms with van der Waals surface area (Å²) in [6.07, 6.45) is 1.83. The maximum absolute atomic E-state index is 5.86. The van der Waals surface area contributed by atoms with Gasteiger partial charge in [0.1, 0.15) is 11.6 Å². The smallest absolute Gasteiger partial charge is 0.125 e. The van der Waals surface area contributed by atoms with Crippen LogP contribution in [0, 0.1) is 0 Å². The standard InChI is InChI=1S/C12H13ClN2O/c1-3-6-15-11-5-4-9(16-2)7-10(11)14-12(15)8-13/h3-5,7H,1,6,8H2,2H3. The molecule has 0 saturated heterocycles. The lowest BCUT2D eigenvalue weighted by molar-refractivity contribution is 0.415. The highest BCUT2D eigenvalue weighted by molar-refractivity contribution is 6.16. The van der Waals surface area contributed by atoms with Crippen LogP contribution in [-0.2, 0) is 12.4 Å². The number of aromatic nitrogens is 2. The van der Waals surface area contributed by atoms with Gasteiger partial charge in [-0.05, 0) is 12.1 Å². The number of nitrogens with zero attached hydrogens (tertiary/aromatic N) is 2. The van der Waals surface area contributed by atoms with Crippen molar-refractivity contribution in [3.63, 3.8) is 0 Å². The van der Waals surface area contributed by atoms with E-state index in [4.69, 9.17) is 16.3 Å². The van der Waals surface area contributed by atoms with Crippen LogP contribution in [0.15, 0.2) is 30.9 Å². The van der Waals surface area contributed by atoms with Crippen molar-refractivity contribution >= 4 is 22.6 Å². The Morgan fingerprint density at radius 1 is 1.56 bits per heavy atom. The fraction of sp³-hybridized carbons (Fsp3) is 0.250. The number of halogens is 1. The van der Waals surface area contributed by atoms with Crippen LogP contribution in [0.1, 0.15) is 5.82 Å². The first-order chi connectivity index (χ1) is 7.80. The van der Waals surface area contributed by atoms with E-state index in [0.29, 0.717) is 12.4 Å². The highest BCUT2D eigenvalue weighted by Gasteiger charge is 2.09. The first kappa shape index (κ1) is 11.0. The SMILES string of the molecule is C=CCn1c(CCl)nc2cc(OC)ccc21. The Morgan fingerprint density at radius 2 is 2.38 bits per heavy atom. The van der Waals surface area contributed by atoms with Crippen LogP contribution < -0.4 is 4.74 Å². The van der Waals surface area contributed by atoms with Gasteiger partial charge in [0.05, 0.1) is 24.0 Å². The molecule has 3 nitrogen and oxygen atoms in total. The molecular weight excluding hydrogens is 224 g/mol. The molecule has 4 heteroatoms. The summed E-state index contributed by atoms with van der Waals surface area (Å²) in [6.45, 7) is 4.45. The van der Waals surface area contributed by atoms with Crippen LogP contribution in [-0.4, -0.2) is 16.7 Å². The van der Waals surface area contributed by atoms with Crippen molar-refractivity contribution in [1.82, 2.24) is 9.55 Å². The third kappa shape index (κ3) is 1.78. The van der Waals surface area contributed by atoms with Crippen LogP contribution in [0.25, 0.3) is 11.0 Å². The van der Waals surface area contributed by atoms with E-state index in [1.54, 1.807) is 7.11 Å². The van der Waals surface area contributed by atoms with Crippen molar-refractivity contribution < 1.29 is 4.74 Å². The molecule has 2 rings (SSSR count). The van der Waals surface area contributed by atoms with Crippen LogP contribution >= 0.6 is 11.6 Å². The molecule has 0 unspecified atom stereocenters. The molecule has 0 N–H and O–H groups in total. The molecule has 0 spiro atoms. The van der Waals surface area contributed by atoms with Crippen molar-refractivity contribution in [2.24, 2.45) is 0 Å². The van der Waals surface area contributed by atoms with E-state index in [2.05, 4.69) is 16.1 Å². The molecule has 2 aromatic rings. The number of hydrogen-bond acceptors (Lipinski definition) is 2. The summed E-state index contributed by atoms with van der Waals surface area (Å²) in [7, 11) is 1.64. The molecular formula is C12H13ClN2O. The van der Waals surface area contributed by atoms with E-state index in [1.807, 2.05) is 24.3 Å². The average Bonchev–Trinajstić information content (AvgIpc) is 2.67. The minimum absolute atomic E-state index is 0.394. The van der Waals surface area contributed by atoms with Gasteiger partial charge in [-0.25, -0.2) is 4.98 Å². The van der Waals surface area contributed by atoms with Gasteiger partial charge in [-0.3, -0.25) is 0 Å². The number of rotatable bonds is 4. The van der Waals surface area contributed by atoms with Gasteiger partial charge in [-0.15, -0.1) is 18.2 Å². The largest absolute Gasteiger partial charge is 0.497 e. The number of imidazole rings is 1. The van der Waals surface area contributed by atoms with Crippen molar-refractivity contribution in [2.45, 2.75) is 12.4 Å². The van der Waals surface area contributed by atoms with Gasteiger partial charge in [0, 0.05) is 12.6 Å². The normalized spacial score (nSPS) is 10.6. The van der Waals surface area contributed by atoms with E-state index in [1.165, 1.54) is 0 Å². The van der Waals surface area contributed by atoms with Gasteiger partial charge >= 0.3 is 0 Å². The topological polar surface area (TPSA) is 27.1 Å². The molecule has 1 aromatic heterocycles. The van der Waals surface area contributed by atoms with Gasteiger partial charge in [-0.2, -0.15) is 0 Å². The van der Waals surface area contributed by atoms with Crippen LogP contribution in [0.5, 0.6) is 5.75 Å². The molecule has 16 heavy (non-hydrogen) atoms. The Morgan fingerprint density at radius 3 is 3.00 bits per heavy atom. The number of allylic oxidation sites excluding steroid dienone is 1. The second kappa shape index (κ2) is 4.58. The molecule has 0 amide bonds. The van der Waals surface area contributed by atoms with E-state index in [9.17, 15) is 0 Å². The van der Waals surface area contributed by atoms with E-state index in [-0.39, 0.29) is 0 Å². The average molecular weight is 237 g/mol. The lowest BCUT2D eigenvalue weighted by Gasteiger charge is -2.03. The summed E-state index contributed by atoms with van der Waals surface area (Å²) in [5.41, 5.74) is 1.95. The van der Waals surface area contributed by atoms with Crippen LogP contribution in [0.2, 0.25) is 0 Å². The van der Waals surface area contributed by atoms with Crippen LogP contribution in [0.4, 0.5) is 0 Å². The third-order valence-corrected chi connectivity index (χ3v) is 2.70. The zero-order valence-electron chi connectivity index (χ0n) is 9.11. The quantitative estimate of drug-likeness (QED) is 0.603. The summed E-state index contributed by atoms with van der Waals surface area (Å²) < 4.78 is 7.21. The van der Waals surface area contributed by atoms with Crippen molar-refractivity contribution in [1.29, 1.82) is 0 Å². The second-order valence-electron chi connectivity index (χ2n) is 3.42. The fourth-order valence-electron chi connectivity index (χ4n) is 1.72. The predicted molar refractivity (Wildman–Crippen MR) is 66.0 cm³/mol. The number of hydrogen-bond donors (Lipinski definition) is 0. The van der Waals surface area contributed by atoms with Crippen molar-refractivity contribution in [2.75, 3.05) is 7.11 Å². The number of ether oxygens (including phenoxy) is 1. The Kier molecular flexibility index (Phi) is 3.15. The lowest BCUT2D eigenvalue weighted by atomic mass is 10.3. The Hall–Kier alpha value is -1.48. The summed E-state index contributed by atoms with van der Waals surface area (Å²) in [5, 5.41) is 0. The molecule has 0 saturated carbocycles. The van der Waals surface area contributed by atoms with Gasteiger partial charge in [0.25, 0.3) is 0 Å². The monoisotopic (exact) mass is 236 g/mol. The molecule has 0 aliphatic carbocycles. The summed E-state index contributed by atoms with van der Waals surface area (Å²) in [6, 6.07) is 5.81. The van der Waals surface area contributed by atoms with Gasteiger partial charge < -0.3 is 9.30 Å². The summed E-state index contributed by atoms with van der Waals surface area (Å²) in [4.78, 5) is 4.46. The van der Waals surface area contributed by atoms with Gasteiger partial charge in [0.2, 0.25) is 0 Å². The third-order valence-electron chi connectivity index (χ3n) is 2.47. The summed E-state index contributed by atoms with van der Waals surface area (Å²) in [5.74, 6) is 2.05. The number of fused-ring (bicyclic) bond motifs is 1. The fourth-order valence-corrected chi connectivity index (χ4v) is 1.93. The number of methoxy groups -OCH3 is 1. The maximum Gasteiger partial charge on any atom is 0.125 e. The maximum atomic E-state index is 5.86. The number of alkyl halides is 1. The minimum atomic E-state index is 0.394. The minimum Gasteiger partial charge on any atom is -0.497 e. The van der Waals surface area contributed by atoms with Crippen molar-refractivity contribution in [3.05, 3.63) is 36.7 Å². The predicted octanol–water partition coefficient (Wildman–Crippen LogP) is 2.97. The zero-order chi connectivity index (χ0) is 11.5. The zero-order valence-corrected chi connectivity index (χ0v) is 9.87. The highest BCUT2D eigenvalue weighted by atomic mass is 35.5. The molecule has 0 aliphatic rings. The highest BCUT2D eigenvalue weighted by Crippen LogP contribution is 2.22. The Bertz CT molecular complexity index is 519. The molecule has 0 bridgehead atoms. The molecule has 0 atom stereocenters. The van der Waals surface area contributed by atoms with E-state index in [0.717, 1.165) is 22.6 Å². The molecule has 1 heterocycles. The molecule has 0 aliphatic heterocycles. The Balaban J connectivity index is 2.62. The summed E-state index contributed by atoms with van der Waals surface area (Å²) >= 11 is 5.86. The first-order valence-corrected chi connectivity index (χ1v) is 5.53. The first-order valence-electron chi connectivity index (χ1n) is 5.00. The van der Waals surface area contributed by atoms with Gasteiger partial charge in [0.15, 0.2) is 0 Å². The lowest BCUT2D eigenvalue weighted by Crippen LogP contribution is -1.99. The van der Waals surface area contributed by atoms with E-state index < -0.39 is 0 Å². The van der Waals surface area contributed by atoms with Crippen LogP contribution in [0.3, 0.4) is 0 Å². The molecule has 84 valence electrons. The Labute approximate surface area is 99.3 Å². The second-order valence-corrected chi connectivity index (χ2v) is 3.68. The molecule has 0 fully saturated rings. The van der Waals surface area contributed by atoms with E-state index >= 15 is 0 Å². The van der Waals surface area contributed by atoms with Gasteiger partial charge in [-0.1, -0.05) is 6.08 Å². The molecule has 0 radical (unpaired) electrons.